The third-order valence-electron chi connectivity index (χ3n) is 2.56. The number of hydrogen-bond acceptors (Lipinski definition) is 2. The Kier molecular flexibility index (Phi) is 5.55. The van der Waals surface area contributed by atoms with Crippen LogP contribution in [0.1, 0.15) is 32.3 Å². The largest absolute Gasteiger partial charge is 0.315 e. The number of rotatable bonds is 4. The molecular formula is C12H18ClNO. The minimum absolute atomic E-state index is 0. The highest BCUT2D eigenvalue weighted by atomic mass is 35.5. The number of nitrogens with two attached hydrogens (primary N) is 1. The van der Waals surface area contributed by atoms with Gasteiger partial charge in [-0.05, 0) is 18.9 Å². The summed E-state index contributed by atoms with van der Waals surface area (Å²) in [5.74, 6) is 0.0329. The molecular weight excluding hydrogens is 210 g/mol. The van der Waals surface area contributed by atoms with Gasteiger partial charge in [0.2, 0.25) is 0 Å². The topological polar surface area (TPSA) is 43.1 Å². The Morgan fingerprint density at radius 3 is 2.27 bits per heavy atom. The third-order valence-corrected chi connectivity index (χ3v) is 2.56. The molecule has 0 saturated carbocycles. The van der Waals surface area contributed by atoms with Crippen molar-refractivity contribution in [2.75, 3.05) is 0 Å². The van der Waals surface area contributed by atoms with E-state index in [0.29, 0.717) is 6.42 Å². The van der Waals surface area contributed by atoms with Gasteiger partial charge in [-0.15, -0.1) is 12.4 Å². The molecule has 3 heteroatoms. The van der Waals surface area contributed by atoms with Crippen LogP contribution < -0.4 is 5.73 Å². The maximum atomic E-state index is 11.5. The van der Waals surface area contributed by atoms with Gasteiger partial charge in [0.25, 0.3) is 0 Å². The fourth-order valence-corrected chi connectivity index (χ4v) is 1.65. The lowest BCUT2D eigenvalue weighted by molar-refractivity contribution is -0.122. The number of benzene rings is 1. The number of Topliss-reactive ketones (excluding diaryl/α,β-unsaturated/α-hetero) is 1. The van der Waals surface area contributed by atoms with Crippen molar-refractivity contribution in [1.29, 1.82) is 0 Å². The smallest absolute Gasteiger partial charge is 0.154 e. The Bertz CT molecular complexity index is 313. The van der Waals surface area contributed by atoms with E-state index in [9.17, 15) is 4.79 Å². The molecule has 0 fully saturated rings. The van der Waals surface area contributed by atoms with Crippen molar-refractivity contribution in [3.63, 3.8) is 0 Å². The predicted molar refractivity (Wildman–Crippen MR) is 65.1 cm³/mol. The predicted octanol–water partition coefficient (Wildman–Crippen LogP) is 2.65. The second-order valence-electron chi connectivity index (χ2n) is 3.64. The average Bonchev–Trinajstić information content (AvgIpc) is 2.19. The zero-order valence-electron chi connectivity index (χ0n) is 9.19. The van der Waals surface area contributed by atoms with E-state index in [1.165, 1.54) is 0 Å². The van der Waals surface area contributed by atoms with Crippen LogP contribution >= 0.6 is 12.4 Å². The summed E-state index contributed by atoms with van der Waals surface area (Å²) in [5, 5.41) is 0. The first-order valence-corrected chi connectivity index (χ1v) is 4.96. The summed E-state index contributed by atoms with van der Waals surface area (Å²) in [6.07, 6.45) is 1.61. The Hall–Kier alpha value is -0.860. The lowest BCUT2D eigenvalue weighted by atomic mass is 9.83. The SMILES string of the molecule is CCCC(N)(C(C)=O)c1ccccc1.Cl. The Morgan fingerprint density at radius 1 is 1.33 bits per heavy atom. The van der Waals surface area contributed by atoms with Gasteiger partial charge in [-0.3, -0.25) is 4.79 Å². The Labute approximate surface area is 97.3 Å². The molecule has 0 bridgehead atoms. The molecule has 0 aliphatic rings. The molecule has 0 heterocycles. The van der Waals surface area contributed by atoms with Crippen LogP contribution in [0.15, 0.2) is 30.3 Å². The number of carbonyl (C=O) groups excluding carboxylic acids is 1. The zero-order valence-corrected chi connectivity index (χ0v) is 10.0. The van der Waals surface area contributed by atoms with E-state index in [-0.39, 0.29) is 18.2 Å². The lowest BCUT2D eigenvalue weighted by Gasteiger charge is -2.26. The standard InChI is InChI=1S/C12H17NO.ClH/c1-3-9-12(13,10(2)14)11-7-5-4-6-8-11;/h4-8H,3,9,13H2,1-2H3;1H. The molecule has 0 saturated heterocycles. The van der Waals surface area contributed by atoms with E-state index in [0.717, 1.165) is 12.0 Å². The van der Waals surface area contributed by atoms with E-state index in [1.807, 2.05) is 37.3 Å². The lowest BCUT2D eigenvalue weighted by Crippen LogP contribution is -2.43. The van der Waals surface area contributed by atoms with Crippen molar-refractivity contribution in [1.82, 2.24) is 0 Å². The average molecular weight is 228 g/mol. The molecule has 1 unspecified atom stereocenters. The van der Waals surface area contributed by atoms with Gasteiger partial charge in [0.05, 0.1) is 0 Å². The second-order valence-corrected chi connectivity index (χ2v) is 3.64. The zero-order chi connectivity index (χ0) is 10.6. The van der Waals surface area contributed by atoms with Crippen molar-refractivity contribution >= 4 is 18.2 Å². The molecule has 1 atom stereocenters. The summed E-state index contributed by atoms with van der Waals surface area (Å²) in [6, 6.07) is 9.58. The maximum Gasteiger partial charge on any atom is 0.154 e. The van der Waals surface area contributed by atoms with Gasteiger partial charge in [-0.2, -0.15) is 0 Å². The van der Waals surface area contributed by atoms with Gasteiger partial charge >= 0.3 is 0 Å². The highest BCUT2D eigenvalue weighted by molar-refractivity contribution is 5.87. The van der Waals surface area contributed by atoms with Gasteiger partial charge in [-0.1, -0.05) is 43.7 Å². The van der Waals surface area contributed by atoms with E-state index >= 15 is 0 Å². The minimum Gasteiger partial charge on any atom is -0.315 e. The fraction of sp³-hybridized carbons (Fsp3) is 0.417. The second kappa shape index (κ2) is 5.89. The summed E-state index contributed by atoms with van der Waals surface area (Å²) >= 11 is 0. The summed E-state index contributed by atoms with van der Waals surface area (Å²) in [6.45, 7) is 3.59. The van der Waals surface area contributed by atoms with Gasteiger partial charge in [0, 0.05) is 0 Å². The quantitative estimate of drug-likeness (QED) is 0.860. The van der Waals surface area contributed by atoms with Gasteiger partial charge in [0.15, 0.2) is 5.78 Å². The van der Waals surface area contributed by atoms with Crippen LogP contribution in [0, 0.1) is 0 Å². The van der Waals surface area contributed by atoms with Gasteiger partial charge in [0.1, 0.15) is 5.54 Å². The first kappa shape index (κ1) is 14.1. The molecule has 84 valence electrons. The van der Waals surface area contributed by atoms with Crippen molar-refractivity contribution in [3.8, 4) is 0 Å². The summed E-state index contributed by atoms with van der Waals surface area (Å²) in [4.78, 5) is 11.5. The Balaban J connectivity index is 0.00000196. The molecule has 1 aromatic rings. The molecule has 0 spiro atoms. The monoisotopic (exact) mass is 227 g/mol. The van der Waals surface area contributed by atoms with Crippen LogP contribution in [0.5, 0.6) is 0 Å². The number of halogens is 1. The van der Waals surface area contributed by atoms with Gasteiger partial charge in [-0.25, -0.2) is 0 Å². The van der Waals surface area contributed by atoms with Crippen LogP contribution in [-0.2, 0) is 10.3 Å². The van der Waals surface area contributed by atoms with E-state index in [4.69, 9.17) is 5.73 Å². The van der Waals surface area contributed by atoms with Crippen molar-refractivity contribution < 1.29 is 4.79 Å². The molecule has 2 N–H and O–H groups in total. The summed E-state index contributed by atoms with van der Waals surface area (Å²) in [5.41, 5.74) is 6.24. The molecule has 0 radical (unpaired) electrons. The summed E-state index contributed by atoms with van der Waals surface area (Å²) < 4.78 is 0. The molecule has 15 heavy (non-hydrogen) atoms. The van der Waals surface area contributed by atoms with Crippen LogP contribution in [0.4, 0.5) is 0 Å². The van der Waals surface area contributed by atoms with E-state index in [2.05, 4.69) is 0 Å². The Morgan fingerprint density at radius 2 is 1.87 bits per heavy atom. The molecule has 0 amide bonds. The molecule has 0 aromatic heterocycles. The van der Waals surface area contributed by atoms with Crippen LogP contribution in [-0.4, -0.2) is 5.78 Å². The molecule has 0 aliphatic heterocycles. The third kappa shape index (κ3) is 3.05. The number of hydrogen-bond donors (Lipinski definition) is 1. The van der Waals surface area contributed by atoms with E-state index in [1.54, 1.807) is 6.92 Å². The maximum absolute atomic E-state index is 11.5. The van der Waals surface area contributed by atoms with Crippen LogP contribution in [0.25, 0.3) is 0 Å². The van der Waals surface area contributed by atoms with E-state index < -0.39 is 5.54 Å². The first-order chi connectivity index (χ1) is 6.61. The number of carbonyl (C=O) groups is 1. The normalized spacial score (nSPS) is 13.8. The highest BCUT2D eigenvalue weighted by Crippen LogP contribution is 2.24. The van der Waals surface area contributed by atoms with Crippen molar-refractivity contribution in [2.45, 2.75) is 32.2 Å². The molecule has 0 aliphatic carbocycles. The molecule has 1 aromatic carbocycles. The van der Waals surface area contributed by atoms with Crippen molar-refractivity contribution in [3.05, 3.63) is 35.9 Å². The first-order valence-electron chi connectivity index (χ1n) is 4.96. The molecule has 2 nitrogen and oxygen atoms in total. The minimum atomic E-state index is -0.796. The van der Waals surface area contributed by atoms with Gasteiger partial charge < -0.3 is 5.73 Å². The fourth-order valence-electron chi connectivity index (χ4n) is 1.65. The van der Waals surface area contributed by atoms with Crippen LogP contribution in [0.2, 0.25) is 0 Å². The highest BCUT2D eigenvalue weighted by Gasteiger charge is 2.31. The van der Waals surface area contributed by atoms with Crippen LogP contribution in [0.3, 0.4) is 0 Å². The molecule has 1 rings (SSSR count). The number of ketones is 1. The summed E-state index contributed by atoms with van der Waals surface area (Å²) in [7, 11) is 0. The van der Waals surface area contributed by atoms with Crippen molar-refractivity contribution in [2.24, 2.45) is 5.73 Å².